The van der Waals surface area contributed by atoms with Crippen LogP contribution in [-0.4, -0.2) is 25.7 Å². The van der Waals surface area contributed by atoms with Crippen molar-refractivity contribution in [3.8, 4) is 5.75 Å². The third kappa shape index (κ3) is 4.93. The number of nitrogens with two attached hydrogens (primary N) is 1. The van der Waals surface area contributed by atoms with Gasteiger partial charge in [0.25, 0.3) is 0 Å². The minimum atomic E-state index is -0.342. The molecule has 0 unspecified atom stereocenters. The summed E-state index contributed by atoms with van der Waals surface area (Å²) in [5.41, 5.74) is 7.13. The van der Waals surface area contributed by atoms with Crippen molar-refractivity contribution in [1.82, 2.24) is 0 Å². The number of carbonyl (C=O) groups is 1. The molecule has 0 saturated carbocycles. The zero-order chi connectivity index (χ0) is 14.9. The van der Waals surface area contributed by atoms with E-state index in [2.05, 4.69) is 0 Å². The summed E-state index contributed by atoms with van der Waals surface area (Å²) in [6.45, 7) is 1.15. The maximum Gasteiger partial charge on any atom is 0.338 e. The summed E-state index contributed by atoms with van der Waals surface area (Å²) < 4.78 is 10.6. The average Bonchev–Trinajstić information content (AvgIpc) is 2.53. The second kappa shape index (κ2) is 8.07. The van der Waals surface area contributed by atoms with Gasteiger partial charge in [0.15, 0.2) is 0 Å². The zero-order valence-electron chi connectivity index (χ0n) is 11.8. The summed E-state index contributed by atoms with van der Waals surface area (Å²) in [6.07, 6.45) is 0.806. The van der Waals surface area contributed by atoms with Crippen LogP contribution in [0.25, 0.3) is 0 Å². The van der Waals surface area contributed by atoms with Crippen molar-refractivity contribution in [2.24, 2.45) is 5.73 Å². The van der Waals surface area contributed by atoms with Gasteiger partial charge in [-0.05, 0) is 42.8 Å². The van der Waals surface area contributed by atoms with E-state index in [1.807, 2.05) is 42.5 Å². The van der Waals surface area contributed by atoms with Gasteiger partial charge in [-0.2, -0.15) is 0 Å². The Labute approximate surface area is 124 Å². The maximum atomic E-state index is 11.8. The van der Waals surface area contributed by atoms with Gasteiger partial charge in [-0.3, -0.25) is 0 Å². The average molecular weight is 285 g/mol. The predicted octanol–water partition coefficient (Wildman–Crippen LogP) is 2.42. The Morgan fingerprint density at radius 1 is 0.952 bits per heavy atom. The molecule has 0 aliphatic carbocycles. The van der Waals surface area contributed by atoms with Crippen LogP contribution in [0.2, 0.25) is 0 Å². The Balaban J connectivity index is 1.74. The molecular weight excluding hydrogens is 266 g/mol. The standard InChI is InChI=1S/C17H19NO3/c18-11-10-14-6-8-15(9-7-14)17(19)21-13-12-20-16-4-2-1-3-5-16/h1-9H,10-13,18H2. The summed E-state index contributed by atoms with van der Waals surface area (Å²) >= 11 is 0. The van der Waals surface area contributed by atoms with E-state index in [9.17, 15) is 4.79 Å². The second-order valence-corrected chi connectivity index (χ2v) is 4.53. The minimum Gasteiger partial charge on any atom is -0.490 e. The Morgan fingerprint density at radius 2 is 1.67 bits per heavy atom. The Bertz CT molecular complexity index is 552. The topological polar surface area (TPSA) is 61.6 Å². The highest BCUT2D eigenvalue weighted by molar-refractivity contribution is 5.89. The van der Waals surface area contributed by atoms with E-state index < -0.39 is 0 Å². The minimum absolute atomic E-state index is 0.221. The molecule has 2 N–H and O–H groups in total. The Kier molecular flexibility index (Phi) is 5.79. The van der Waals surface area contributed by atoms with E-state index in [-0.39, 0.29) is 12.6 Å². The lowest BCUT2D eigenvalue weighted by Crippen LogP contribution is -2.12. The zero-order valence-corrected chi connectivity index (χ0v) is 11.8. The summed E-state index contributed by atoms with van der Waals surface area (Å²) in [5, 5.41) is 0. The van der Waals surface area contributed by atoms with Gasteiger partial charge in [0.1, 0.15) is 19.0 Å². The maximum absolute atomic E-state index is 11.8. The van der Waals surface area contributed by atoms with E-state index in [4.69, 9.17) is 15.2 Å². The molecule has 0 radical (unpaired) electrons. The van der Waals surface area contributed by atoms with Crippen molar-refractivity contribution in [1.29, 1.82) is 0 Å². The third-order valence-corrected chi connectivity index (χ3v) is 2.95. The molecule has 0 fully saturated rings. The molecule has 4 nitrogen and oxygen atoms in total. The number of ether oxygens (including phenoxy) is 2. The highest BCUT2D eigenvalue weighted by atomic mass is 16.6. The first-order valence-electron chi connectivity index (χ1n) is 6.93. The van der Waals surface area contributed by atoms with Gasteiger partial charge in [-0.25, -0.2) is 4.79 Å². The molecule has 0 spiro atoms. The first-order chi connectivity index (χ1) is 10.3. The van der Waals surface area contributed by atoms with Crippen molar-refractivity contribution in [2.45, 2.75) is 6.42 Å². The van der Waals surface area contributed by atoms with Gasteiger partial charge in [0, 0.05) is 0 Å². The lowest BCUT2D eigenvalue weighted by atomic mass is 10.1. The molecule has 0 bridgehead atoms. The first-order valence-corrected chi connectivity index (χ1v) is 6.93. The molecule has 0 aliphatic rings. The molecule has 2 aromatic carbocycles. The Morgan fingerprint density at radius 3 is 2.33 bits per heavy atom. The molecule has 0 aromatic heterocycles. The predicted molar refractivity (Wildman–Crippen MR) is 81.4 cm³/mol. The van der Waals surface area contributed by atoms with E-state index in [0.717, 1.165) is 17.7 Å². The summed E-state index contributed by atoms with van der Waals surface area (Å²) in [5.74, 6) is 0.422. The number of carbonyl (C=O) groups excluding carboxylic acids is 1. The molecule has 0 atom stereocenters. The van der Waals surface area contributed by atoms with E-state index in [1.165, 1.54) is 0 Å². The molecular formula is C17H19NO3. The van der Waals surface area contributed by atoms with Crippen molar-refractivity contribution in [3.05, 3.63) is 65.7 Å². The fraction of sp³-hybridized carbons (Fsp3) is 0.235. The van der Waals surface area contributed by atoms with Crippen molar-refractivity contribution >= 4 is 5.97 Å². The molecule has 4 heteroatoms. The number of para-hydroxylation sites is 1. The summed E-state index contributed by atoms with van der Waals surface area (Å²) in [7, 11) is 0. The van der Waals surface area contributed by atoms with Crippen LogP contribution >= 0.6 is 0 Å². The van der Waals surface area contributed by atoms with Crippen LogP contribution in [-0.2, 0) is 11.2 Å². The second-order valence-electron chi connectivity index (χ2n) is 4.53. The van der Waals surface area contributed by atoms with Crippen LogP contribution in [0.5, 0.6) is 5.75 Å². The number of hydrogen-bond acceptors (Lipinski definition) is 4. The van der Waals surface area contributed by atoms with E-state index in [0.29, 0.717) is 18.7 Å². The van der Waals surface area contributed by atoms with Crippen molar-refractivity contribution in [2.75, 3.05) is 19.8 Å². The molecule has 0 amide bonds. The summed E-state index contributed by atoms with van der Waals surface area (Å²) in [6, 6.07) is 16.7. The smallest absolute Gasteiger partial charge is 0.338 e. The normalized spacial score (nSPS) is 10.1. The van der Waals surface area contributed by atoms with Crippen molar-refractivity contribution < 1.29 is 14.3 Å². The SMILES string of the molecule is NCCc1ccc(C(=O)OCCOc2ccccc2)cc1. The van der Waals surface area contributed by atoms with E-state index >= 15 is 0 Å². The molecule has 0 saturated heterocycles. The molecule has 0 heterocycles. The van der Waals surface area contributed by atoms with Gasteiger partial charge in [0.2, 0.25) is 0 Å². The molecule has 2 aromatic rings. The van der Waals surface area contributed by atoms with Gasteiger partial charge < -0.3 is 15.2 Å². The lowest BCUT2D eigenvalue weighted by Gasteiger charge is -2.07. The molecule has 0 aliphatic heterocycles. The van der Waals surface area contributed by atoms with Gasteiger partial charge in [-0.15, -0.1) is 0 Å². The van der Waals surface area contributed by atoms with Crippen LogP contribution in [0.15, 0.2) is 54.6 Å². The first kappa shape index (κ1) is 15.1. The van der Waals surface area contributed by atoms with Crippen LogP contribution in [0, 0.1) is 0 Å². The van der Waals surface area contributed by atoms with Crippen LogP contribution < -0.4 is 10.5 Å². The lowest BCUT2D eigenvalue weighted by molar-refractivity contribution is 0.0450. The summed E-state index contributed by atoms with van der Waals surface area (Å²) in [4.78, 5) is 11.8. The molecule has 21 heavy (non-hydrogen) atoms. The van der Waals surface area contributed by atoms with Crippen molar-refractivity contribution in [3.63, 3.8) is 0 Å². The van der Waals surface area contributed by atoms with E-state index in [1.54, 1.807) is 12.1 Å². The number of benzene rings is 2. The third-order valence-electron chi connectivity index (χ3n) is 2.95. The molecule has 2 rings (SSSR count). The van der Waals surface area contributed by atoms with Crippen LogP contribution in [0.1, 0.15) is 15.9 Å². The highest BCUT2D eigenvalue weighted by Crippen LogP contribution is 2.09. The van der Waals surface area contributed by atoms with Crippen LogP contribution in [0.4, 0.5) is 0 Å². The van der Waals surface area contributed by atoms with Gasteiger partial charge >= 0.3 is 5.97 Å². The largest absolute Gasteiger partial charge is 0.490 e. The molecule has 110 valence electrons. The number of rotatable bonds is 7. The Hall–Kier alpha value is -2.33. The fourth-order valence-corrected chi connectivity index (χ4v) is 1.87. The monoisotopic (exact) mass is 285 g/mol. The number of hydrogen-bond donors (Lipinski definition) is 1. The quantitative estimate of drug-likeness (QED) is 0.627. The fourth-order valence-electron chi connectivity index (χ4n) is 1.87. The van der Waals surface area contributed by atoms with Gasteiger partial charge in [-0.1, -0.05) is 30.3 Å². The van der Waals surface area contributed by atoms with Crippen LogP contribution in [0.3, 0.4) is 0 Å². The number of esters is 1. The highest BCUT2D eigenvalue weighted by Gasteiger charge is 2.06. The van der Waals surface area contributed by atoms with Gasteiger partial charge in [0.05, 0.1) is 5.56 Å².